The summed E-state index contributed by atoms with van der Waals surface area (Å²) in [6.45, 7) is 0.237. The maximum Gasteiger partial charge on any atom is 0.251 e. The van der Waals surface area contributed by atoms with Crippen molar-refractivity contribution in [3.8, 4) is 11.8 Å². The highest BCUT2D eigenvalue weighted by molar-refractivity contribution is 7.10. The van der Waals surface area contributed by atoms with E-state index in [1.165, 1.54) is 11.3 Å². The van der Waals surface area contributed by atoms with Gasteiger partial charge in [0.05, 0.1) is 6.54 Å². The van der Waals surface area contributed by atoms with Crippen LogP contribution in [-0.2, 0) is 6.54 Å². The summed E-state index contributed by atoms with van der Waals surface area (Å²) in [4.78, 5) is 12.9. The number of hydrogen-bond acceptors (Lipinski definition) is 3. The molecule has 0 aliphatic rings. The van der Waals surface area contributed by atoms with E-state index in [0.717, 1.165) is 10.4 Å². The number of hydrogen-bond donors (Lipinski definition) is 2. The highest BCUT2D eigenvalue weighted by Gasteiger charge is 2.07. The molecule has 0 atom stereocenters. The van der Waals surface area contributed by atoms with Crippen molar-refractivity contribution in [2.24, 2.45) is 0 Å². The van der Waals surface area contributed by atoms with Gasteiger partial charge in [0, 0.05) is 21.0 Å². The second-order valence-electron chi connectivity index (χ2n) is 3.91. The fourth-order valence-electron chi connectivity index (χ4n) is 1.59. The van der Waals surface area contributed by atoms with Crippen molar-refractivity contribution in [2.75, 3.05) is 6.61 Å². The van der Waals surface area contributed by atoms with Gasteiger partial charge < -0.3 is 10.4 Å². The summed E-state index contributed by atoms with van der Waals surface area (Å²) in [5.74, 6) is 5.30. The molecule has 0 aliphatic heterocycles. The number of aliphatic hydroxyl groups excluding tert-OH is 1. The summed E-state index contributed by atoms with van der Waals surface area (Å²) >= 11 is 7.30. The Bertz CT molecular complexity index is 653. The molecule has 2 aromatic rings. The van der Waals surface area contributed by atoms with Gasteiger partial charge in [0.1, 0.15) is 6.61 Å². The predicted molar refractivity (Wildman–Crippen MR) is 80.9 cm³/mol. The number of carbonyl (C=O) groups is 1. The quantitative estimate of drug-likeness (QED) is 0.857. The summed E-state index contributed by atoms with van der Waals surface area (Å²) in [6.07, 6.45) is 0. The van der Waals surface area contributed by atoms with Gasteiger partial charge >= 0.3 is 0 Å². The van der Waals surface area contributed by atoms with E-state index in [0.29, 0.717) is 17.1 Å². The lowest BCUT2D eigenvalue weighted by atomic mass is 10.2. The monoisotopic (exact) mass is 305 g/mol. The zero-order valence-corrected chi connectivity index (χ0v) is 12.1. The van der Waals surface area contributed by atoms with Gasteiger partial charge in [-0.05, 0) is 35.7 Å². The molecule has 1 aromatic heterocycles. The van der Waals surface area contributed by atoms with Crippen molar-refractivity contribution in [2.45, 2.75) is 6.54 Å². The molecule has 0 radical (unpaired) electrons. The molecule has 0 bridgehead atoms. The molecular formula is C15H12ClNO2S. The first-order chi connectivity index (χ1) is 9.70. The molecule has 3 nitrogen and oxygen atoms in total. The summed E-state index contributed by atoms with van der Waals surface area (Å²) in [7, 11) is 0. The fourth-order valence-corrected chi connectivity index (χ4v) is 2.48. The molecule has 0 unspecified atom stereocenters. The van der Waals surface area contributed by atoms with Crippen molar-refractivity contribution in [1.82, 2.24) is 5.32 Å². The van der Waals surface area contributed by atoms with Crippen LogP contribution in [0.4, 0.5) is 0 Å². The van der Waals surface area contributed by atoms with Crippen LogP contribution in [-0.4, -0.2) is 17.6 Å². The standard InChI is InChI=1S/C15H12ClNO2S/c16-13-5-3-12(4-6-13)15(19)17-10-14-11(2-1-8-18)7-9-20-14/h3-7,9,18H,8,10H2,(H,17,19). The summed E-state index contributed by atoms with van der Waals surface area (Å²) in [6, 6.07) is 8.59. The first kappa shape index (κ1) is 14.6. The maximum absolute atomic E-state index is 12.0. The van der Waals surface area contributed by atoms with E-state index in [9.17, 15) is 4.79 Å². The number of halogens is 1. The van der Waals surface area contributed by atoms with E-state index < -0.39 is 0 Å². The van der Waals surface area contributed by atoms with Gasteiger partial charge in [0.15, 0.2) is 0 Å². The Hall–Kier alpha value is -1.80. The van der Waals surface area contributed by atoms with Crippen molar-refractivity contribution in [1.29, 1.82) is 0 Å². The molecule has 0 fully saturated rings. The summed E-state index contributed by atoms with van der Waals surface area (Å²) in [5.41, 5.74) is 1.40. The third kappa shape index (κ3) is 3.84. The zero-order valence-electron chi connectivity index (χ0n) is 10.5. The first-order valence-electron chi connectivity index (χ1n) is 5.90. The molecule has 5 heteroatoms. The van der Waals surface area contributed by atoms with E-state index in [-0.39, 0.29) is 12.5 Å². The van der Waals surface area contributed by atoms with Crippen molar-refractivity contribution < 1.29 is 9.90 Å². The highest BCUT2D eigenvalue weighted by Crippen LogP contribution is 2.16. The topological polar surface area (TPSA) is 49.3 Å². The highest BCUT2D eigenvalue weighted by atomic mass is 35.5. The van der Waals surface area contributed by atoms with Crippen molar-refractivity contribution in [3.63, 3.8) is 0 Å². The van der Waals surface area contributed by atoms with Crippen LogP contribution in [0, 0.1) is 11.8 Å². The fraction of sp³-hybridized carbons (Fsp3) is 0.133. The number of rotatable bonds is 3. The Morgan fingerprint density at radius 1 is 1.30 bits per heavy atom. The Morgan fingerprint density at radius 3 is 2.75 bits per heavy atom. The van der Waals surface area contributed by atoms with Gasteiger partial charge in [-0.25, -0.2) is 0 Å². The zero-order chi connectivity index (χ0) is 14.4. The van der Waals surface area contributed by atoms with Crippen LogP contribution in [0.1, 0.15) is 20.8 Å². The Kier molecular flexibility index (Phi) is 5.19. The lowest BCUT2D eigenvalue weighted by Gasteiger charge is -2.04. The van der Waals surface area contributed by atoms with E-state index in [1.807, 2.05) is 11.4 Å². The van der Waals surface area contributed by atoms with E-state index >= 15 is 0 Å². The van der Waals surface area contributed by atoms with Crippen LogP contribution in [0.5, 0.6) is 0 Å². The molecule has 2 N–H and O–H groups in total. The van der Waals surface area contributed by atoms with Crippen LogP contribution in [0.15, 0.2) is 35.7 Å². The molecular weight excluding hydrogens is 294 g/mol. The minimum atomic E-state index is -0.174. The van der Waals surface area contributed by atoms with E-state index in [4.69, 9.17) is 16.7 Å². The van der Waals surface area contributed by atoms with Crippen molar-refractivity contribution in [3.05, 3.63) is 56.7 Å². The van der Waals surface area contributed by atoms with E-state index in [2.05, 4.69) is 17.2 Å². The van der Waals surface area contributed by atoms with Gasteiger partial charge in [0.2, 0.25) is 0 Å². The first-order valence-corrected chi connectivity index (χ1v) is 7.16. The van der Waals surface area contributed by atoms with Crippen molar-refractivity contribution >= 4 is 28.8 Å². The van der Waals surface area contributed by atoms with Gasteiger partial charge in [0.25, 0.3) is 5.91 Å². The maximum atomic E-state index is 12.0. The van der Waals surface area contributed by atoms with Gasteiger partial charge in [-0.1, -0.05) is 23.4 Å². The van der Waals surface area contributed by atoms with Crippen LogP contribution in [0.25, 0.3) is 0 Å². The average molecular weight is 306 g/mol. The minimum absolute atomic E-state index is 0.156. The number of amides is 1. The molecule has 1 heterocycles. The molecule has 0 saturated heterocycles. The predicted octanol–water partition coefficient (Wildman–Crippen LogP) is 2.68. The molecule has 0 aliphatic carbocycles. The number of aliphatic hydroxyl groups is 1. The Labute approximate surface area is 126 Å². The molecule has 0 spiro atoms. The number of benzene rings is 1. The van der Waals surface area contributed by atoms with Crippen LogP contribution < -0.4 is 5.32 Å². The number of thiophene rings is 1. The molecule has 1 amide bonds. The normalized spacial score (nSPS) is 9.70. The Balaban J connectivity index is 2.00. The van der Waals surface area contributed by atoms with Gasteiger partial charge in [-0.2, -0.15) is 0 Å². The lowest BCUT2D eigenvalue weighted by molar-refractivity contribution is 0.0951. The molecule has 102 valence electrons. The molecule has 1 aromatic carbocycles. The smallest absolute Gasteiger partial charge is 0.251 e. The third-order valence-corrected chi connectivity index (χ3v) is 3.74. The van der Waals surface area contributed by atoms with Gasteiger partial charge in [-0.15, -0.1) is 11.3 Å². The third-order valence-electron chi connectivity index (χ3n) is 2.56. The minimum Gasteiger partial charge on any atom is -0.384 e. The van der Waals surface area contributed by atoms with E-state index in [1.54, 1.807) is 24.3 Å². The lowest BCUT2D eigenvalue weighted by Crippen LogP contribution is -2.22. The summed E-state index contributed by atoms with van der Waals surface area (Å²) < 4.78 is 0. The summed E-state index contributed by atoms with van der Waals surface area (Å²) in [5, 5.41) is 14.0. The molecule has 20 heavy (non-hydrogen) atoms. The number of nitrogens with one attached hydrogen (secondary N) is 1. The Morgan fingerprint density at radius 2 is 2.05 bits per heavy atom. The molecule has 2 rings (SSSR count). The largest absolute Gasteiger partial charge is 0.384 e. The van der Waals surface area contributed by atoms with Gasteiger partial charge in [-0.3, -0.25) is 4.79 Å². The average Bonchev–Trinajstić information content (AvgIpc) is 2.90. The number of carbonyl (C=O) groups excluding carboxylic acids is 1. The second-order valence-corrected chi connectivity index (χ2v) is 5.34. The SMILES string of the molecule is O=C(NCc1sccc1C#CCO)c1ccc(Cl)cc1. The van der Waals surface area contributed by atoms with Crippen LogP contribution in [0.2, 0.25) is 5.02 Å². The second kappa shape index (κ2) is 7.11. The van der Waals surface area contributed by atoms with Crippen LogP contribution in [0.3, 0.4) is 0 Å². The molecule has 0 saturated carbocycles. The van der Waals surface area contributed by atoms with Crippen LogP contribution >= 0.6 is 22.9 Å².